The topological polar surface area (TPSA) is 9.23 Å². The van der Waals surface area contributed by atoms with Crippen molar-refractivity contribution in [3.63, 3.8) is 0 Å². The average molecular weight is 349 g/mol. The van der Waals surface area contributed by atoms with E-state index in [-0.39, 0.29) is 0 Å². The van der Waals surface area contributed by atoms with Crippen molar-refractivity contribution in [3.8, 4) is 0 Å². The lowest BCUT2D eigenvalue weighted by molar-refractivity contribution is 0.0146. The Hall–Kier alpha value is -0.300. The monoisotopic (exact) mass is 348 g/mol. The SMILES string of the molecule is C=CCCC[C@H]1CC[C@H](CC[C@H]2CC[C@H](OCCCCC)CC2)CC1. The van der Waals surface area contributed by atoms with Crippen molar-refractivity contribution in [1.82, 2.24) is 0 Å². The summed E-state index contributed by atoms with van der Waals surface area (Å²) in [7, 11) is 0. The molecule has 0 unspecified atom stereocenters. The van der Waals surface area contributed by atoms with Gasteiger partial charge in [0.1, 0.15) is 0 Å². The van der Waals surface area contributed by atoms with Gasteiger partial charge in [-0.05, 0) is 62.7 Å². The summed E-state index contributed by atoms with van der Waals surface area (Å²) in [5.74, 6) is 3.07. The van der Waals surface area contributed by atoms with Crippen molar-refractivity contribution >= 4 is 0 Å². The molecule has 1 nitrogen and oxygen atoms in total. The highest BCUT2D eigenvalue weighted by atomic mass is 16.5. The Kier molecular flexibility index (Phi) is 10.9. The first kappa shape index (κ1) is 21.0. The summed E-state index contributed by atoms with van der Waals surface area (Å²) in [4.78, 5) is 0. The lowest BCUT2D eigenvalue weighted by Gasteiger charge is -2.32. The van der Waals surface area contributed by atoms with Crippen molar-refractivity contribution < 1.29 is 4.74 Å². The van der Waals surface area contributed by atoms with E-state index in [1.54, 1.807) is 0 Å². The molecule has 0 aromatic rings. The van der Waals surface area contributed by atoms with Gasteiger partial charge in [0.05, 0.1) is 6.10 Å². The van der Waals surface area contributed by atoms with Gasteiger partial charge in [-0.25, -0.2) is 0 Å². The highest BCUT2D eigenvalue weighted by Gasteiger charge is 2.24. The van der Waals surface area contributed by atoms with Crippen LogP contribution in [0.3, 0.4) is 0 Å². The van der Waals surface area contributed by atoms with Crippen LogP contribution >= 0.6 is 0 Å². The molecule has 0 amide bonds. The molecule has 25 heavy (non-hydrogen) atoms. The molecular formula is C24H44O. The number of allylic oxidation sites excluding steroid dienone is 1. The van der Waals surface area contributed by atoms with E-state index < -0.39 is 0 Å². The molecule has 2 fully saturated rings. The first-order chi connectivity index (χ1) is 12.3. The van der Waals surface area contributed by atoms with Crippen LogP contribution < -0.4 is 0 Å². The molecule has 0 atom stereocenters. The number of hydrogen-bond donors (Lipinski definition) is 0. The second-order valence-corrected chi connectivity index (χ2v) is 8.90. The van der Waals surface area contributed by atoms with Gasteiger partial charge in [0, 0.05) is 6.61 Å². The quantitative estimate of drug-likeness (QED) is 0.259. The fourth-order valence-corrected chi connectivity index (χ4v) is 5.02. The van der Waals surface area contributed by atoms with E-state index in [9.17, 15) is 0 Å². The molecule has 0 N–H and O–H groups in total. The van der Waals surface area contributed by atoms with E-state index in [4.69, 9.17) is 4.74 Å². The predicted octanol–water partition coefficient (Wildman–Crippen LogP) is 7.69. The Morgan fingerprint density at radius 3 is 1.88 bits per heavy atom. The first-order valence-electron chi connectivity index (χ1n) is 11.5. The second kappa shape index (κ2) is 13.0. The van der Waals surface area contributed by atoms with Crippen molar-refractivity contribution in [2.75, 3.05) is 6.61 Å². The molecule has 2 aliphatic carbocycles. The second-order valence-electron chi connectivity index (χ2n) is 8.90. The van der Waals surface area contributed by atoms with Gasteiger partial charge in [0.2, 0.25) is 0 Å². The zero-order valence-electron chi connectivity index (χ0n) is 17.0. The van der Waals surface area contributed by atoms with Crippen LogP contribution in [0.15, 0.2) is 12.7 Å². The van der Waals surface area contributed by atoms with Crippen LogP contribution in [-0.2, 0) is 4.74 Å². The van der Waals surface area contributed by atoms with Gasteiger partial charge in [0.15, 0.2) is 0 Å². The zero-order valence-corrected chi connectivity index (χ0v) is 17.0. The van der Waals surface area contributed by atoms with E-state index in [0.29, 0.717) is 6.10 Å². The Balaban J connectivity index is 1.48. The van der Waals surface area contributed by atoms with Crippen LogP contribution in [0.25, 0.3) is 0 Å². The third-order valence-electron chi connectivity index (χ3n) is 6.87. The molecule has 2 saturated carbocycles. The minimum absolute atomic E-state index is 0.583. The molecule has 2 rings (SSSR count). The summed E-state index contributed by atoms with van der Waals surface area (Å²) in [6, 6.07) is 0. The molecule has 0 radical (unpaired) electrons. The molecule has 0 heterocycles. The summed E-state index contributed by atoms with van der Waals surface area (Å²) in [5.41, 5.74) is 0. The average Bonchev–Trinajstić information content (AvgIpc) is 2.66. The smallest absolute Gasteiger partial charge is 0.0575 e. The van der Waals surface area contributed by atoms with Gasteiger partial charge in [-0.3, -0.25) is 0 Å². The van der Waals surface area contributed by atoms with E-state index in [1.807, 2.05) is 0 Å². The minimum atomic E-state index is 0.583. The van der Waals surface area contributed by atoms with Crippen molar-refractivity contribution in [2.24, 2.45) is 17.8 Å². The first-order valence-corrected chi connectivity index (χ1v) is 11.5. The fourth-order valence-electron chi connectivity index (χ4n) is 5.02. The Morgan fingerprint density at radius 1 is 0.760 bits per heavy atom. The summed E-state index contributed by atoms with van der Waals surface area (Å²) in [5, 5.41) is 0. The molecule has 0 bridgehead atoms. The molecule has 0 aromatic heterocycles. The van der Waals surface area contributed by atoms with E-state index >= 15 is 0 Å². The van der Waals surface area contributed by atoms with Crippen LogP contribution in [0.4, 0.5) is 0 Å². The normalized spacial score (nSPS) is 30.3. The molecule has 146 valence electrons. The Morgan fingerprint density at radius 2 is 1.32 bits per heavy atom. The third kappa shape index (κ3) is 8.76. The number of hydrogen-bond acceptors (Lipinski definition) is 1. The van der Waals surface area contributed by atoms with Crippen LogP contribution in [-0.4, -0.2) is 12.7 Å². The maximum absolute atomic E-state index is 6.07. The number of unbranched alkanes of at least 4 members (excludes halogenated alkanes) is 3. The predicted molar refractivity (Wildman–Crippen MR) is 110 cm³/mol. The van der Waals surface area contributed by atoms with Crippen molar-refractivity contribution in [3.05, 3.63) is 12.7 Å². The van der Waals surface area contributed by atoms with Gasteiger partial charge in [0.25, 0.3) is 0 Å². The standard InChI is InChI=1S/C24H44O/c1-3-5-7-9-21-10-12-22(13-11-21)14-15-23-16-18-24(19-17-23)25-20-8-6-4-2/h3,21-24H,1,4-20H2,2H3/t21-,22-,23-,24-. The molecular weight excluding hydrogens is 304 g/mol. The van der Waals surface area contributed by atoms with Gasteiger partial charge >= 0.3 is 0 Å². The largest absolute Gasteiger partial charge is 0.378 e. The van der Waals surface area contributed by atoms with E-state index in [0.717, 1.165) is 24.4 Å². The van der Waals surface area contributed by atoms with Crippen LogP contribution in [0, 0.1) is 17.8 Å². The molecule has 2 aliphatic rings. The summed E-state index contributed by atoms with van der Waals surface area (Å²) in [6.45, 7) is 7.11. The lowest BCUT2D eigenvalue weighted by Crippen LogP contribution is -2.23. The fraction of sp³-hybridized carbons (Fsp3) is 0.917. The van der Waals surface area contributed by atoms with E-state index in [1.165, 1.54) is 103 Å². The number of rotatable bonds is 12. The zero-order chi connectivity index (χ0) is 17.7. The lowest BCUT2D eigenvalue weighted by atomic mass is 9.76. The Bertz CT molecular complexity index is 321. The maximum atomic E-state index is 6.07. The summed E-state index contributed by atoms with van der Waals surface area (Å²) >= 11 is 0. The number of ether oxygens (including phenoxy) is 1. The Labute approximate surface area is 158 Å². The maximum Gasteiger partial charge on any atom is 0.0575 e. The molecule has 0 saturated heterocycles. The van der Waals surface area contributed by atoms with Gasteiger partial charge < -0.3 is 4.74 Å². The molecule has 0 aromatic carbocycles. The van der Waals surface area contributed by atoms with Crippen LogP contribution in [0.2, 0.25) is 0 Å². The summed E-state index contributed by atoms with van der Waals surface area (Å²) < 4.78 is 6.07. The summed E-state index contributed by atoms with van der Waals surface area (Å²) in [6.07, 6.45) is 25.1. The molecule has 0 aliphatic heterocycles. The van der Waals surface area contributed by atoms with Gasteiger partial charge in [-0.2, -0.15) is 0 Å². The van der Waals surface area contributed by atoms with Crippen LogP contribution in [0.1, 0.15) is 110 Å². The molecule has 1 heteroatoms. The third-order valence-corrected chi connectivity index (χ3v) is 6.87. The minimum Gasteiger partial charge on any atom is -0.378 e. The molecule has 0 spiro atoms. The van der Waals surface area contributed by atoms with Crippen molar-refractivity contribution in [1.29, 1.82) is 0 Å². The van der Waals surface area contributed by atoms with Crippen molar-refractivity contribution in [2.45, 2.75) is 116 Å². The highest BCUT2D eigenvalue weighted by molar-refractivity contribution is 4.77. The van der Waals surface area contributed by atoms with Gasteiger partial charge in [-0.15, -0.1) is 6.58 Å². The van der Waals surface area contributed by atoms with Gasteiger partial charge in [-0.1, -0.05) is 70.8 Å². The highest BCUT2D eigenvalue weighted by Crippen LogP contribution is 2.37. The van der Waals surface area contributed by atoms with E-state index in [2.05, 4.69) is 19.6 Å². The van der Waals surface area contributed by atoms with Crippen LogP contribution in [0.5, 0.6) is 0 Å².